The standard InChI is InChI=1S/C13H18F2N2O2S/c1-8-6-13(12(15)7-11(8)14)20(18,19)17-10-4-2-9(16)3-5-10/h6-7,9-10,17H,2-5,16H2,1H3. The average molecular weight is 304 g/mol. The topological polar surface area (TPSA) is 72.2 Å². The first-order valence-electron chi connectivity index (χ1n) is 6.53. The molecule has 1 aromatic rings. The highest BCUT2D eigenvalue weighted by atomic mass is 32.2. The Hall–Kier alpha value is -1.05. The van der Waals surface area contributed by atoms with Crippen LogP contribution in [0.2, 0.25) is 0 Å². The van der Waals surface area contributed by atoms with Gasteiger partial charge in [0, 0.05) is 18.2 Å². The number of nitrogens with two attached hydrogens (primary N) is 1. The summed E-state index contributed by atoms with van der Waals surface area (Å²) in [4.78, 5) is -0.508. The summed E-state index contributed by atoms with van der Waals surface area (Å²) in [6.45, 7) is 1.40. The Bertz CT molecular complexity index is 597. The molecule has 1 saturated carbocycles. The van der Waals surface area contributed by atoms with Gasteiger partial charge in [-0.3, -0.25) is 0 Å². The second-order valence-corrected chi connectivity index (χ2v) is 6.95. The summed E-state index contributed by atoms with van der Waals surface area (Å²) in [6.07, 6.45) is 2.72. The predicted molar refractivity (Wildman–Crippen MR) is 71.6 cm³/mol. The molecule has 2 rings (SSSR count). The summed E-state index contributed by atoms with van der Waals surface area (Å²) in [6, 6.07) is 1.47. The van der Waals surface area contributed by atoms with Crippen molar-refractivity contribution >= 4 is 10.0 Å². The van der Waals surface area contributed by atoms with Crippen LogP contribution in [-0.2, 0) is 10.0 Å². The maximum atomic E-state index is 13.7. The molecule has 112 valence electrons. The Morgan fingerprint density at radius 3 is 2.35 bits per heavy atom. The van der Waals surface area contributed by atoms with E-state index in [4.69, 9.17) is 5.73 Å². The van der Waals surface area contributed by atoms with Gasteiger partial charge in [0.2, 0.25) is 10.0 Å². The van der Waals surface area contributed by atoms with Gasteiger partial charge in [-0.1, -0.05) is 0 Å². The Morgan fingerprint density at radius 1 is 1.15 bits per heavy atom. The molecule has 4 nitrogen and oxygen atoms in total. The van der Waals surface area contributed by atoms with Crippen LogP contribution in [0.25, 0.3) is 0 Å². The molecule has 0 heterocycles. The number of benzene rings is 1. The first kappa shape index (κ1) is 15.3. The summed E-state index contributed by atoms with van der Waals surface area (Å²) in [5, 5.41) is 0. The molecule has 1 aliphatic rings. The van der Waals surface area contributed by atoms with Crippen LogP contribution in [0.5, 0.6) is 0 Å². The normalized spacial score (nSPS) is 23.8. The minimum absolute atomic E-state index is 0.0949. The molecule has 0 atom stereocenters. The number of aryl methyl sites for hydroxylation is 1. The van der Waals surface area contributed by atoms with Crippen molar-refractivity contribution in [1.29, 1.82) is 0 Å². The van der Waals surface area contributed by atoms with Crippen LogP contribution < -0.4 is 10.5 Å². The number of hydrogen-bond acceptors (Lipinski definition) is 3. The molecule has 0 spiro atoms. The van der Waals surface area contributed by atoms with Crippen LogP contribution in [0.4, 0.5) is 8.78 Å². The fourth-order valence-electron chi connectivity index (χ4n) is 2.36. The number of hydrogen-bond donors (Lipinski definition) is 2. The first-order chi connectivity index (χ1) is 9.29. The fraction of sp³-hybridized carbons (Fsp3) is 0.538. The quantitative estimate of drug-likeness (QED) is 0.894. The minimum Gasteiger partial charge on any atom is -0.328 e. The van der Waals surface area contributed by atoms with E-state index in [2.05, 4.69) is 4.72 Å². The number of rotatable bonds is 3. The van der Waals surface area contributed by atoms with E-state index in [1.807, 2.05) is 0 Å². The maximum Gasteiger partial charge on any atom is 0.243 e. The Balaban J connectivity index is 2.20. The van der Waals surface area contributed by atoms with Crippen molar-refractivity contribution < 1.29 is 17.2 Å². The Labute approximate surface area is 117 Å². The summed E-state index contributed by atoms with van der Waals surface area (Å²) in [5.41, 5.74) is 5.85. The molecule has 7 heteroatoms. The molecule has 0 aromatic heterocycles. The van der Waals surface area contributed by atoms with Gasteiger partial charge in [0.25, 0.3) is 0 Å². The summed E-state index contributed by atoms with van der Waals surface area (Å²) < 4.78 is 53.6. The van der Waals surface area contributed by atoms with Gasteiger partial charge in [0.15, 0.2) is 0 Å². The summed E-state index contributed by atoms with van der Waals surface area (Å²) in [5.74, 6) is -1.83. The molecule has 0 amide bonds. The van der Waals surface area contributed by atoms with Gasteiger partial charge in [0.1, 0.15) is 16.5 Å². The van der Waals surface area contributed by atoms with Crippen molar-refractivity contribution in [3.8, 4) is 0 Å². The minimum atomic E-state index is -3.98. The summed E-state index contributed by atoms with van der Waals surface area (Å²) in [7, 11) is -3.98. The van der Waals surface area contributed by atoms with E-state index in [0.717, 1.165) is 18.9 Å². The monoisotopic (exact) mass is 304 g/mol. The molecule has 0 saturated heterocycles. The summed E-state index contributed by atoms with van der Waals surface area (Å²) >= 11 is 0. The van der Waals surface area contributed by atoms with Crippen LogP contribution in [0.1, 0.15) is 31.2 Å². The van der Waals surface area contributed by atoms with Crippen molar-refractivity contribution in [3.05, 3.63) is 29.3 Å². The first-order valence-corrected chi connectivity index (χ1v) is 8.01. The Kier molecular flexibility index (Phi) is 4.41. The van der Waals surface area contributed by atoms with Crippen molar-refractivity contribution in [2.45, 2.75) is 49.6 Å². The van der Waals surface area contributed by atoms with Gasteiger partial charge in [-0.05, 0) is 44.2 Å². The number of halogens is 2. The van der Waals surface area contributed by atoms with Crippen molar-refractivity contribution in [2.24, 2.45) is 5.73 Å². The molecular weight excluding hydrogens is 286 g/mol. The zero-order valence-corrected chi connectivity index (χ0v) is 12.0. The highest BCUT2D eigenvalue weighted by Gasteiger charge is 2.26. The van der Waals surface area contributed by atoms with Crippen molar-refractivity contribution in [2.75, 3.05) is 0 Å². The van der Waals surface area contributed by atoms with E-state index < -0.39 is 26.6 Å². The molecular formula is C13H18F2N2O2S. The van der Waals surface area contributed by atoms with Gasteiger partial charge in [-0.25, -0.2) is 21.9 Å². The van der Waals surface area contributed by atoms with E-state index in [9.17, 15) is 17.2 Å². The van der Waals surface area contributed by atoms with E-state index in [0.29, 0.717) is 18.9 Å². The van der Waals surface area contributed by atoms with E-state index >= 15 is 0 Å². The molecule has 0 aliphatic heterocycles. The molecule has 1 fully saturated rings. The van der Waals surface area contributed by atoms with Crippen molar-refractivity contribution in [3.63, 3.8) is 0 Å². The third-order valence-electron chi connectivity index (χ3n) is 3.60. The third-order valence-corrected chi connectivity index (χ3v) is 5.13. The van der Waals surface area contributed by atoms with Gasteiger partial charge in [-0.15, -0.1) is 0 Å². The second kappa shape index (κ2) is 5.75. The second-order valence-electron chi connectivity index (χ2n) is 5.26. The molecule has 1 aliphatic carbocycles. The zero-order chi connectivity index (χ0) is 14.9. The molecule has 0 bridgehead atoms. The molecule has 0 unspecified atom stereocenters. The van der Waals surface area contributed by atoms with Crippen LogP contribution in [0.15, 0.2) is 17.0 Å². The third kappa shape index (κ3) is 3.34. The van der Waals surface area contributed by atoms with Gasteiger partial charge < -0.3 is 5.73 Å². The van der Waals surface area contributed by atoms with Gasteiger partial charge in [0.05, 0.1) is 0 Å². The number of nitrogens with one attached hydrogen (secondary N) is 1. The average Bonchev–Trinajstić information content (AvgIpc) is 2.36. The van der Waals surface area contributed by atoms with Gasteiger partial charge >= 0.3 is 0 Å². The van der Waals surface area contributed by atoms with E-state index in [1.54, 1.807) is 0 Å². The van der Waals surface area contributed by atoms with E-state index in [-0.39, 0.29) is 17.6 Å². The lowest BCUT2D eigenvalue weighted by atomic mass is 9.93. The molecule has 1 aromatic carbocycles. The van der Waals surface area contributed by atoms with E-state index in [1.165, 1.54) is 6.92 Å². The molecule has 3 N–H and O–H groups in total. The number of sulfonamides is 1. The Morgan fingerprint density at radius 2 is 1.75 bits per heavy atom. The molecule has 20 heavy (non-hydrogen) atoms. The predicted octanol–water partition coefficient (Wildman–Crippen LogP) is 1.82. The fourth-order valence-corrected chi connectivity index (χ4v) is 3.81. The lowest BCUT2D eigenvalue weighted by Crippen LogP contribution is -2.40. The maximum absolute atomic E-state index is 13.7. The van der Waals surface area contributed by atoms with Crippen LogP contribution >= 0.6 is 0 Å². The largest absolute Gasteiger partial charge is 0.328 e. The van der Waals surface area contributed by atoms with Crippen molar-refractivity contribution in [1.82, 2.24) is 4.72 Å². The lowest BCUT2D eigenvalue weighted by molar-refractivity contribution is 0.373. The van der Waals surface area contributed by atoms with Gasteiger partial charge in [-0.2, -0.15) is 0 Å². The van der Waals surface area contributed by atoms with Crippen LogP contribution in [-0.4, -0.2) is 20.5 Å². The zero-order valence-electron chi connectivity index (χ0n) is 11.2. The SMILES string of the molecule is Cc1cc(S(=O)(=O)NC2CCC(N)CC2)c(F)cc1F. The highest BCUT2D eigenvalue weighted by Crippen LogP contribution is 2.22. The molecule has 0 radical (unpaired) electrons. The highest BCUT2D eigenvalue weighted by molar-refractivity contribution is 7.89. The smallest absolute Gasteiger partial charge is 0.243 e. The van der Waals surface area contributed by atoms with Crippen LogP contribution in [0, 0.1) is 18.6 Å². The van der Waals surface area contributed by atoms with Crippen LogP contribution in [0.3, 0.4) is 0 Å². The lowest BCUT2D eigenvalue weighted by Gasteiger charge is -2.26.